The van der Waals surface area contributed by atoms with Crippen LogP contribution in [-0.4, -0.2) is 28.8 Å². The second-order valence-electron chi connectivity index (χ2n) is 11.8. The number of methoxy groups -OCH3 is 1. The first-order valence-corrected chi connectivity index (χ1v) is 13.8. The molecule has 7 heteroatoms. The van der Waals surface area contributed by atoms with Crippen LogP contribution in [0.15, 0.2) is 18.2 Å². The summed E-state index contributed by atoms with van der Waals surface area (Å²) in [5.41, 5.74) is 3.38. The van der Waals surface area contributed by atoms with Crippen molar-refractivity contribution in [3.8, 4) is 5.69 Å². The van der Waals surface area contributed by atoms with Gasteiger partial charge in [0.1, 0.15) is 0 Å². The first kappa shape index (κ1) is 25.1. The maximum atomic E-state index is 13.7. The maximum absolute atomic E-state index is 13.7. The van der Waals surface area contributed by atoms with Gasteiger partial charge in [0, 0.05) is 29.7 Å². The number of halogens is 2. The normalized spacial score (nSPS) is 27.9. The van der Waals surface area contributed by atoms with Gasteiger partial charge in [-0.05, 0) is 67.1 Å². The van der Waals surface area contributed by atoms with Gasteiger partial charge in [-0.25, -0.2) is 4.68 Å². The quantitative estimate of drug-likeness (QED) is 0.436. The zero-order valence-electron chi connectivity index (χ0n) is 21.3. The first-order chi connectivity index (χ1) is 16.7. The van der Waals surface area contributed by atoms with Crippen molar-refractivity contribution < 1.29 is 9.53 Å². The molecule has 0 radical (unpaired) electrons. The lowest BCUT2D eigenvalue weighted by Gasteiger charge is -2.43. The van der Waals surface area contributed by atoms with Gasteiger partial charge in [0.25, 0.3) is 5.91 Å². The number of nitrogens with one attached hydrogen (secondary N) is 1. The Morgan fingerprint density at radius 2 is 1.91 bits per heavy atom. The Hall–Kier alpha value is -1.56. The predicted molar refractivity (Wildman–Crippen MR) is 141 cm³/mol. The molecule has 2 bridgehead atoms. The van der Waals surface area contributed by atoms with Gasteiger partial charge < -0.3 is 10.1 Å². The highest BCUT2D eigenvalue weighted by Gasteiger charge is 2.61. The summed E-state index contributed by atoms with van der Waals surface area (Å²) >= 11 is 13.0. The molecule has 1 aromatic carbocycles. The van der Waals surface area contributed by atoms with Crippen LogP contribution in [0.25, 0.3) is 5.69 Å². The molecule has 0 aliphatic heterocycles. The highest BCUT2D eigenvalue weighted by molar-refractivity contribution is 6.35. The molecule has 5 nitrogen and oxygen atoms in total. The number of carbonyl (C=O) groups excluding carboxylic acids is 1. The van der Waals surface area contributed by atoms with E-state index in [-0.39, 0.29) is 28.7 Å². The van der Waals surface area contributed by atoms with Crippen molar-refractivity contribution in [2.75, 3.05) is 7.11 Å². The summed E-state index contributed by atoms with van der Waals surface area (Å²) in [6.07, 6.45) is 9.24. The fourth-order valence-corrected chi connectivity index (χ4v) is 8.04. The number of carbonyl (C=O) groups is 1. The summed E-state index contributed by atoms with van der Waals surface area (Å²) in [5.74, 6) is 0.769. The summed E-state index contributed by atoms with van der Waals surface area (Å²) in [6, 6.07) is 5.69. The van der Waals surface area contributed by atoms with Crippen molar-refractivity contribution in [3.05, 3.63) is 45.2 Å². The molecule has 3 unspecified atom stereocenters. The van der Waals surface area contributed by atoms with Crippen LogP contribution in [-0.2, 0) is 11.3 Å². The Kier molecular flexibility index (Phi) is 6.73. The van der Waals surface area contributed by atoms with E-state index >= 15 is 0 Å². The average molecular weight is 519 g/mol. The monoisotopic (exact) mass is 517 g/mol. The lowest BCUT2D eigenvalue weighted by atomic mass is 9.62. The number of benzene rings is 1. The van der Waals surface area contributed by atoms with Crippen molar-refractivity contribution in [2.45, 2.75) is 90.7 Å². The minimum absolute atomic E-state index is 0.0727. The standard InChI is InChI=1S/C28H37Cl2N3O2/c1-27(2)17-12-13-28(3,15-17)25(27)24-20(16-35-4)23(26(34)31-19-8-6-5-7-9-19)32-33(24)22-11-10-18(29)14-21(22)30/h10-11,14,17,19,25H,5-9,12-13,15-16H2,1-4H3,(H,31,34). The molecule has 35 heavy (non-hydrogen) atoms. The average Bonchev–Trinajstić information content (AvgIpc) is 3.42. The SMILES string of the molecule is COCc1c(C(=O)NC2CCCCC2)nn(-c2ccc(Cl)cc2Cl)c1C1C2(C)CCC(C2)C1(C)C. The Bertz CT molecular complexity index is 1120. The number of aromatic nitrogens is 2. The van der Waals surface area contributed by atoms with Crippen LogP contribution in [0.3, 0.4) is 0 Å². The Balaban J connectivity index is 1.68. The second-order valence-corrected chi connectivity index (χ2v) is 12.7. The molecular weight excluding hydrogens is 481 g/mol. The van der Waals surface area contributed by atoms with E-state index in [1.165, 1.54) is 25.7 Å². The molecule has 1 N–H and O–H groups in total. The van der Waals surface area contributed by atoms with Gasteiger partial charge in [-0.1, -0.05) is 63.2 Å². The maximum Gasteiger partial charge on any atom is 0.272 e. The molecule has 3 fully saturated rings. The lowest BCUT2D eigenvalue weighted by Crippen LogP contribution is -2.37. The summed E-state index contributed by atoms with van der Waals surface area (Å²) < 4.78 is 7.63. The fraction of sp³-hybridized carbons (Fsp3) is 0.643. The number of nitrogens with zero attached hydrogens (tertiary/aromatic N) is 2. The summed E-state index contributed by atoms with van der Waals surface area (Å²) in [7, 11) is 1.69. The zero-order valence-corrected chi connectivity index (χ0v) is 22.8. The van der Waals surface area contributed by atoms with E-state index in [4.69, 9.17) is 33.0 Å². The number of fused-ring (bicyclic) bond motifs is 2. The van der Waals surface area contributed by atoms with Gasteiger partial charge >= 0.3 is 0 Å². The number of ether oxygens (including phenoxy) is 1. The van der Waals surface area contributed by atoms with Crippen LogP contribution in [0, 0.1) is 16.7 Å². The molecule has 1 heterocycles. The van der Waals surface area contributed by atoms with Gasteiger partial charge in [0.2, 0.25) is 0 Å². The molecule has 3 aliphatic rings. The van der Waals surface area contributed by atoms with Crippen LogP contribution in [0.2, 0.25) is 10.0 Å². The molecule has 1 amide bonds. The van der Waals surface area contributed by atoms with Gasteiger partial charge in [0.05, 0.1) is 23.0 Å². The Morgan fingerprint density at radius 3 is 2.54 bits per heavy atom. The molecule has 3 atom stereocenters. The summed E-state index contributed by atoms with van der Waals surface area (Å²) in [4.78, 5) is 13.7. The van der Waals surface area contributed by atoms with E-state index < -0.39 is 0 Å². The van der Waals surface area contributed by atoms with Crippen LogP contribution < -0.4 is 5.32 Å². The number of rotatable bonds is 6. The van der Waals surface area contributed by atoms with Crippen molar-refractivity contribution in [1.82, 2.24) is 15.1 Å². The number of amides is 1. The zero-order chi connectivity index (χ0) is 25.0. The third-order valence-corrected chi connectivity index (χ3v) is 9.69. The number of hydrogen-bond acceptors (Lipinski definition) is 3. The predicted octanol–water partition coefficient (Wildman–Crippen LogP) is 7.32. The highest BCUT2D eigenvalue weighted by Crippen LogP contribution is 2.70. The Labute approximate surface area is 218 Å². The van der Waals surface area contributed by atoms with E-state index in [1.807, 2.05) is 16.8 Å². The molecule has 0 spiro atoms. The second kappa shape index (κ2) is 9.39. The fourth-order valence-electron chi connectivity index (χ4n) is 7.55. The molecule has 1 aromatic heterocycles. The van der Waals surface area contributed by atoms with Gasteiger partial charge in [-0.3, -0.25) is 4.79 Å². The van der Waals surface area contributed by atoms with Crippen molar-refractivity contribution in [1.29, 1.82) is 0 Å². The molecule has 190 valence electrons. The minimum Gasteiger partial charge on any atom is -0.380 e. The van der Waals surface area contributed by atoms with E-state index in [1.54, 1.807) is 13.2 Å². The van der Waals surface area contributed by atoms with E-state index in [9.17, 15) is 4.79 Å². The Morgan fingerprint density at radius 1 is 1.17 bits per heavy atom. The largest absolute Gasteiger partial charge is 0.380 e. The van der Waals surface area contributed by atoms with E-state index in [0.717, 1.165) is 42.6 Å². The molecule has 3 saturated carbocycles. The van der Waals surface area contributed by atoms with Gasteiger partial charge in [0.15, 0.2) is 5.69 Å². The van der Waals surface area contributed by atoms with Crippen LogP contribution in [0.4, 0.5) is 0 Å². The van der Waals surface area contributed by atoms with Gasteiger partial charge in [-0.2, -0.15) is 5.10 Å². The van der Waals surface area contributed by atoms with Gasteiger partial charge in [-0.15, -0.1) is 0 Å². The van der Waals surface area contributed by atoms with Crippen LogP contribution in [0.1, 0.15) is 99.8 Å². The van der Waals surface area contributed by atoms with Crippen LogP contribution >= 0.6 is 23.2 Å². The lowest BCUT2D eigenvalue weighted by molar-refractivity contribution is 0.0916. The molecule has 2 aromatic rings. The topological polar surface area (TPSA) is 56.1 Å². The van der Waals surface area contributed by atoms with Crippen LogP contribution in [0.5, 0.6) is 0 Å². The highest BCUT2D eigenvalue weighted by atomic mass is 35.5. The van der Waals surface area contributed by atoms with Crippen molar-refractivity contribution in [3.63, 3.8) is 0 Å². The summed E-state index contributed by atoms with van der Waals surface area (Å²) in [6.45, 7) is 7.50. The third kappa shape index (κ3) is 4.32. The van der Waals surface area contributed by atoms with Crippen molar-refractivity contribution in [2.24, 2.45) is 16.7 Å². The smallest absolute Gasteiger partial charge is 0.272 e. The van der Waals surface area contributed by atoms with E-state index in [0.29, 0.717) is 28.3 Å². The molecule has 0 saturated heterocycles. The summed E-state index contributed by atoms with van der Waals surface area (Å²) in [5, 5.41) is 9.36. The third-order valence-electron chi connectivity index (χ3n) is 9.15. The molecule has 5 rings (SSSR count). The number of hydrogen-bond donors (Lipinski definition) is 1. The minimum atomic E-state index is -0.111. The molecular formula is C28H37Cl2N3O2. The first-order valence-electron chi connectivity index (χ1n) is 13.0. The van der Waals surface area contributed by atoms with E-state index in [2.05, 4.69) is 26.1 Å². The molecule has 3 aliphatic carbocycles. The van der Waals surface area contributed by atoms with Crippen molar-refractivity contribution >= 4 is 29.1 Å².